The van der Waals surface area contributed by atoms with Gasteiger partial charge in [0.05, 0.1) is 19.3 Å². The Morgan fingerprint density at radius 2 is 2.55 bits per heavy atom. The third-order valence-electron chi connectivity index (χ3n) is 2.96. The zero-order valence-corrected chi connectivity index (χ0v) is 12.0. The molecule has 20 heavy (non-hydrogen) atoms. The SMILES string of the molecule is C[C@H]1OCCN[C@@H]1C(=O)NCCOc1ncccc1Cl. The highest BCUT2D eigenvalue weighted by Crippen LogP contribution is 2.19. The van der Waals surface area contributed by atoms with Gasteiger partial charge in [-0.15, -0.1) is 0 Å². The van der Waals surface area contributed by atoms with E-state index in [4.69, 9.17) is 21.1 Å². The highest BCUT2D eigenvalue weighted by molar-refractivity contribution is 6.31. The number of nitrogens with one attached hydrogen (secondary N) is 2. The molecule has 1 aromatic rings. The normalized spacial score (nSPS) is 22.3. The van der Waals surface area contributed by atoms with E-state index >= 15 is 0 Å². The van der Waals surface area contributed by atoms with Crippen molar-refractivity contribution in [2.45, 2.75) is 19.1 Å². The lowest BCUT2D eigenvalue weighted by Crippen LogP contribution is -2.55. The molecule has 0 spiro atoms. The summed E-state index contributed by atoms with van der Waals surface area (Å²) in [7, 11) is 0. The van der Waals surface area contributed by atoms with E-state index in [1.54, 1.807) is 18.3 Å². The minimum Gasteiger partial charge on any atom is -0.475 e. The van der Waals surface area contributed by atoms with Crippen molar-refractivity contribution >= 4 is 17.5 Å². The molecule has 1 amide bonds. The fraction of sp³-hybridized carbons (Fsp3) is 0.538. The van der Waals surface area contributed by atoms with Crippen molar-refractivity contribution in [3.63, 3.8) is 0 Å². The van der Waals surface area contributed by atoms with Crippen LogP contribution in [-0.2, 0) is 9.53 Å². The van der Waals surface area contributed by atoms with E-state index in [0.29, 0.717) is 37.2 Å². The molecule has 1 aromatic heterocycles. The van der Waals surface area contributed by atoms with Gasteiger partial charge in [-0.1, -0.05) is 11.6 Å². The van der Waals surface area contributed by atoms with Gasteiger partial charge in [-0.25, -0.2) is 4.98 Å². The van der Waals surface area contributed by atoms with Crippen molar-refractivity contribution in [2.24, 2.45) is 0 Å². The molecule has 1 fully saturated rings. The Labute approximate surface area is 122 Å². The molecule has 0 bridgehead atoms. The Hall–Kier alpha value is -1.37. The fourth-order valence-electron chi connectivity index (χ4n) is 1.94. The van der Waals surface area contributed by atoms with Crippen LogP contribution in [0.4, 0.5) is 0 Å². The summed E-state index contributed by atoms with van der Waals surface area (Å²) in [4.78, 5) is 15.9. The van der Waals surface area contributed by atoms with Gasteiger partial charge in [-0.05, 0) is 19.1 Å². The summed E-state index contributed by atoms with van der Waals surface area (Å²) < 4.78 is 10.8. The number of hydrogen-bond donors (Lipinski definition) is 2. The van der Waals surface area contributed by atoms with Crippen molar-refractivity contribution in [3.05, 3.63) is 23.4 Å². The first-order chi connectivity index (χ1) is 9.68. The van der Waals surface area contributed by atoms with Gasteiger partial charge < -0.3 is 20.1 Å². The molecular weight excluding hydrogens is 282 g/mol. The summed E-state index contributed by atoms with van der Waals surface area (Å²) in [6.45, 7) is 3.89. The average molecular weight is 300 g/mol. The molecule has 1 saturated heterocycles. The van der Waals surface area contributed by atoms with Crippen LogP contribution in [-0.4, -0.2) is 49.3 Å². The van der Waals surface area contributed by atoms with Crippen molar-refractivity contribution in [1.29, 1.82) is 0 Å². The first kappa shape index (κ1) is 15.0. The molecule has 0 saturated carbocycles. The summed E-state index contributed by atoms with van der Waals surface area (Å²) in [6.07, 6.45) is 1.47. The Morgan fingerprint density at radius 3 is 3.30 bits per heavy atom. The molecule has 110 valence electrons. The second-order valence-corrected chi connectivity index (χ2v) is 4.84. The van der Waals surface area contributed by atoms with Crippen molar-refractivity contribution in [2.75, 3.05) is 26.3 Å². The summed E-state index contributed by atoms with van der Waals surface area (Å²) in [6, 6.07) is 3.11. The number of rotatable bonds is 5. The number of pyridine rings is 1. The number of nitrogens with zero attached hydrogens (tertiary/aromatic N) is 1. The number of halogens is 1. The lowest BCUT2D eigenvalue weighted by molar-refractivity contribution is -0.129. The molecule has 0 aliphatic carbocycles. The second kappa shape index (κ2) is 7.42. The number of hydrogen-bond acceptors (Lipinski definition) is 5. The molecule has 0 radical (unpaired) electrons. The predicted octanol–water partition coefficient (Wildman–Crippen LogP) is 0.607. The zero-order valence-electron chi connectivity index (χ0n) is 11.3. The third kappa shape index (κ3) is 4.06. The van der Waals surface area contributed by atoms with Gasteiger partial charge in [-0.2, -0.15) is 0 Å². The van der Waals surface area contributed by atoms with Crippen LogP contribution in [0.15, 0.2) is 18.3 Å². The van der Waals surface area contributed by atoms with Crippen LogP contribution in [0.5, 0.6) is 5.88 Å². The molecule has 7 heteroatoms. The summed E-state index contributed by atoms with van der Waals surface area (Å²) in [5.41, 5.74) is 0. The summed E-state index contributed by atoms with van der Waals surface area (Å²) >= 11 is 5.91. The zero-order chi connectivity index (χ0) is 14.4. The minimum absolute atomic E-state index is 0.0899. The standard InChI is InChI=1S/C13H18ClN3O3/c1-9-11(15-5-7-19-9)12(18)16-6-8-20-13-10(14)3-2-4-17-13/h2-4,9,11,15H,5-8H2,1H3,(H,16,18)/t9-,11+/m1/s1. The van der Waals surface area contributed by atoms with E-state index in [-0.39, 0.29) is 18.1 Å². The van der Waals surface area contributed by atoms with Crippen LogP contribution >= 0.6 is 11.6 Å². The smallest absolute Gasteiger partial charge is 0.239 e. The molecule has 2 heterocycles. The first-order valence-corrected chi connectivity index (χ1v) is 6.92. The van der Waals surface area contributed by atoms with Crippen LogP contribution in [0, 0.1) is 0 Å². The lowest BCUT2D eigenvalue weighted by atomic mass is 10.1. The minimum atomic E-state index is -0.317. The maximum Gasteiger partial charge on any atom is 0.239 e. The maximum absolute atomic E-state index is 11.9. The Morgan fingerprint density at radius 1 is 1.70 bits per heavy atom. The van der Waals surface area contributed by atoms with Crippen LogP contribution in [0.3, 0.4) is 0 Å². The second-order valence-electron chi connectivity index (χ2n) is 4.44. The lowest BCUT2D eigenvalue weighted by Gasteiger charge is -2.29. The van der Waals surface area contributed by atoms with E-state index in [2.05, 4.69) is 15.6 Å². The third-order valence-corrected chi connectivity index (χ3v) is 3.25. The molecule has 1 aliphatic rings. The van der Waals surface area contributed by atoms with Crippen LogP contribution in [0.1, 0.15) is 6.92 Å². The van der Waals surface area contributed by atoms with Crippen LogP contribution < -0.4 is 15.4 Å². The molecule has 1 aliphatic heterocycles. The Kier molecular flexibility index (Phi) is 5.58. The number of carbonyl (C=O) groups excluding carboxylic acids is 1. The molecule has 6 nitrogen and oxygen atoms in total. The van der Waals surface area contributed by atoms with Crippen molar-refractivity contribution in [1.82, 2.24) is 15.6 Å². The van der Waals surface area contributed by atoms with E-state index < -0.39 is 0 Å². The van der Waals surface area contributed by atoms with Gasteiger partial charge in [-0.3, -0.25) is 4.79 Å². The number of ether oxygens (including phenoxy) is 2. The van der Waals surface area contributed by atoms with Gasteiger partial charge >= 0.3 is 0 Å². The van der Waals surface area contributed by atoms with E-state index in [9.17, 15) is 4.79 Å². The molecular formula is C13H18ClN3O3. The Bertz CT molecular complexity index is 458. The first-order valence-electron chi connectivity index (χ1n) is 6.54. The topological polar surface area (TPSA) is 72.5 Å². The number of morpholine rings is 1. The van der Waals surface area contributed by atoms with E-state index in [1.165, 1.54) is 0 Å². The monoisotopic (exact) mass is 299 g/mol. The number of aromatic nitrogens is 1. The molecule has 0 aromatic carbocycles. The number of carbonyl (C=O) groups is 1. The van der Waals surface area contributed by atoms with Gasteiger partial charge in [0.1, 0.15) is 17.7 Å². The van der Waals surface area contributed by atoms with Gasteiger partial charge in [0, 0.05) is 12.7 Å². The predicted molar refractivity (Wildman–Crippen MR) is 75.0 cm³/mol. The summed E-state index contributed by atoms with van der Waals surface area (Å²) in [5.74, 6) is 0.281. The molecule has 2 N–H and O–H groups in total. The van der Waals surface area contributed by atoms with E-state index in [1.807, 2.05) is 6.92 Å². The largest absolute Gasteiger partial charge is 0.475 e. The quantitative estimate of drug-likeness (QED) is 0.779. The van der Waals surface area contributed by atoms with Gasteiger partial charge in [0.2, 0.25) is 11.8 Å². The van der Waals surface area contributed by atoms with Crippen LogP contribution in [0.25, 0.3) is 0 Å². The highest BCUT2D eigenvalue weighted by Gasteiger charge is 2.27. The average Bonchev–Trinajstić information content (AvgIpc) is 2.45. The highest BCUT2D eigenvalue weighted by atomic mass is 35.5. The van der Waals surface area contributed by atoms with E-state index in [0.717, 1.165) is 0 Å². The van der Waals surface area contributed by atoms with Crippen molar-refractivity contribution < 1.29 is 14.3 Å². The fourth-order valence-corrected chi connectivity index (χ4v) is 2.11. The summed E-state index contributed by atoms with van der Waals surface area (Å²) in [5, 5.41) is 6.37. The van der Waals surface area contributed by atoms with Gasteiger partial charge in [0.15, 0.2) is 0 Å². The molecule has 2 rings (SSSR count). The van der Waals surface area contributed by atoms with Gasteiger partial charge in [0.25, 0.3) is 0 Å². The Balaban J connectivity index is 1.70. The molecule has 0 unspecified atom stereocenters. The van der Waals surface area contributed by atoms with Crippen LogP contribution in [0.2, 0.25) is 5.02 Å². The number of amides is 1. The van der Waals surface area contributed by atoms with Crippen molar-refractivity contribution in [3.8, 4) is 5.88 Å². The maximum atomic E-state index is 11.9. The molecule has 2 atom stereocenters.